The van der Waals surface area contributed by atoms with Gasteiger partial charge in [-0.25, -0.2) is 4.79 Å². The van der Waals surface area contributed by atoms with Gasteiger partial charge in [0.2, 0.25) is 0 Å². The zero-order valence-corrected chi connectivity index (χ0v) is 8.44. The van der Waals surface area contributed by atoms with Crippen LogP contribution in [0.4, 0.5) is 0 Å². The Labute approximate surface area is 88.3 Å². The lowest BCUT2D eigenvalue weighted by Crippen LogP contribution is -2.13. The fourth-order valence-electron chi connectivity index (χ4n) is 1.13. The van der Waals surface area contributed by atoms with E-state index in [9.17, 15) is 4.79 Å². The summed E-state index contributed by atoms with van der Waals surface area (Å²) in [5.41, 5.74) is 0.395. The highest BCUT2D eigenvalue weighted by Gasteiger charge is 2.12. The predicted molar refractivity (Wildman–Crippen MR) is 53.7 cm³/mol. The van der Waals surface area contributed by atoms with Crippen molar-refractivity contribution in [3.8, 4) is 0 Å². The van der Waals surface area contributed by atoms with E-state index in [4.69, 9.17) is 35.2 Å². The molecule has 0 aliphatic heterocycles. The second kappa shape index (κ2) is 2.94. The maximum atomic E-state index is 11.2. The van der Waals surface area contributed by atoms with E-state index in [1.807, 2.05) is 0 Å². The molecule has 0 unspecified atom stereocenters. The van der Waals surface area contributed by atoms with Crippen LogP contribution < -0.4 is 5.69 Å². The summed E-state index contributed by atoms with van der Waals surface area (Å²) in [5.74, 6) is 0. The van der Waals surface area contributed by atoms with Gasteiger partial charge in [0.1, 0.15) is 5.52 Å². The summed E-state index contributed by atoms with van der Waals surface area (Å²) in [7, 11) is 0. The van der Waals surface area contributed by atoms with E-state index in [0.29, 0.717) is 16.1 Å². The van der Waals surface area contributed by atoms with E-state index in [1.165, 1.54) is 0 Å². The number of benzene rings is 1. The molecule has 3 nitrogen and oxygen atoms in total. The molecule has 13 heavy (non-hydrogen) atoms. The first-order valence-corrected chi connectivity index (χ1v) is 4.42. The number of rotatable bonds is 0. The van der Waals surface area contributed by atoms with Crippen molar-refractivity contribution >= 4 is 46.2 Å². The Morgan fingerprint density at radius 2 is 1.85 bits per heavy atom. The highest BCUT2D eigenvalue weighted by Crippen LogP contribution is 2.23. The van der Waals surface area contributed by atoms with Gasteiger partial charge < -0.3 is 0 Å². The summed E-state index contributed by atoms with van der Waals surface area (Å²) in [4.78, 5) is 11.2. The summed E-state index contributed by atoms with van der Waals surface area (Å²) in [6.07, 6.45) is 0. The Morgan fingerprint density at radius 1 is 1.15 bits per heavy atom. The number of para-hydroxylation sites is 1. The molecule has 1 aromatic carbocycles. The van der Waals surface area contributed by atoms with Crippen LogP contribution in [0.25, 0.3) is 11.0 Å². The predicted octanol–water partition coefficient (Wildman–Crippen LogP) is 2.46. The van der Waals surface area contributed by atoms with Gasteiger partial charge in [-0.1, -0.05) is 17.7 Å². The number of fused-ring (bicyclic) bond motifs is 1. The smallest absolute Gasteiger partial charge is 0.245 e. The van der Waals surface area contributed by atoms with Crippen LogP contribution in [0.15, 0.2) is 23.0 Å². The first-order valence-electron chi connectivity index (χ1n) is 3.37. The molecule has 0 aliphatic rings. The zero-order chi connectivity index (χ0) is 9.59. The van der Waals surface area contributed by atoms with Crippen LogP contribution in [0.3, 0.4) is 0 Å². The van der Waals surface area contributed by atoms with E-state index in [-0.39, 0.29) is 0 Å². The van der Waals surface area contributed by atoms with Crippen molar-refractivity contribution in [2.75, 3.05) is 0 Å². The Kier molecular flexibility index (Phi) is 2.02. The summed E-state index contributed by atoms with van der Waals surface area (Å²) < 4.78 is 1.82. The van der Waals surface area contributed by atoms with Gasteiger partial charge in [0.25, 0.3) is 0 Å². The van der Waals surface area contributed by atoms with Crippen molar-refractivity contribution < 1.29 is 0 Å². The Balaban J connectivity index is 3.12. The van der Waals surface area contributed by atoms with Crippen LogP contribution in [0.2, 0.25) is 5.02 Å². The van der Waals surface area contributed by atoms with Gasteiger partial charge in [0.05, 0.1) is 10.5 Å². The number of aromatic nitrogens is 2. The molecule has 0 radical (unpaired) electrons. The quantitative estimate of drug-likeness (QED) is 0.691. The number of hydrogen-bond acceptors (Lipinski definition) is 1. The first kappa shape index (κ1) is 8.94. The molecule has 0 spiro atoms. The van der Waals surface area contributed by atoms with Crippen LogP contribution in [0, 0.1) is 0 Å². The third-order valence-corrected chi connectivity index (χ3v) is 2.65. The third kappa shape index (κ3) is 1.15. The van der Waals surface area contributed by atoms with Crippen molar-refractivity contribution in [3.63, 3.8) is 0 Å². The third-order valence-electron chi connectivity index (χ3n) is 1.71. The summed E-state index contributed by atoms with van der Waals surface area (Å²) in [6, 6.07) is 4.99. The SMILES string of the molecule is O=c1n(Cl)c2cccc(Cl)c2n1Cl. The molecule has 68 valence electrons. The van der Waals surface area contributed by atoms with Crippen molar-refractivity contribution in [1.82, 2.24) is 8.17 Å². The monoisotopic (exact) mass is 236 g/mol. The standard InChI is InChI=1S/C7H3Cl3N2O/c8-4-2-1-3-5-6(4)12(10)7(13)11(5)9/h1-3H. The van der Waals surface area contributed by atoms with Gasteiger partial charge in [-0.05, 0) is 12.1 Å². The summed E-state index contributed by atoms with van der Waals surface area (Å²) in [6.45, 7) is 0. The summed E-state index contributed by atoms with van der Waals surface area (Å²) in [5, 5.41) is 0.393. The molecule has 0 N–H and O–H groups in total. The van der Waals surface area contributed by atoms with Gasteiger partial charge in [0.15, 0.2) is 0 Å². The highest BCUT2D eigenvalue weighted by molar-refractivity contribution is 6.37. The number of nitrogens with zero attached hydrogens (tertiary/aromatic N) is 2. The molecule has 2 aromatic rings. The lowest BCUT2D eigenvalue weighted by molar-refractivity contribution is 1.08. The largest absolute Gasteiger partial charge is 0.358 e. The fraction of sp³-hybridized carbons (Fsp3) is 0. The van der Waals surface area contributed by atoms with Crippen LogP contribution in [-0.2, 0) is 0 Å². The molecule has 1 heterocycles. The minimum atomic E-state index is -0.522. The molecule has 0 saturated carbocycles. The van der Waals surface area contributed by atoms with E-state index in [2.05, 4.69) is 0 Å². The van der Waals surface area contributed by atoms with Gasteiger partial charge >= 0.3 is 5.69 Å². The van der Waals surface area contributed by atoms with E-state index < -0.39 is 5.69 Å². The van der Waals surface area contributed by atoms with Crippen molar-refractivity contribution in [1.29, 1.82) is 0 Å². The second-order valence-corrected chi connectivity index (χ2v) is 3.54. The minimum absolute atomic E-state index is 0.393. The second-order valence-electron chi connectivity index (χ2n) is 2.45. The molecule has 1 aromatic heterocycles. The van der Waals surface area contributed by atoms with Gasteiger partial charge in [-0.3, -0.25) is 0 Å². The first-order chi connectivity index (χ1) is 6.13. The normalized spacial score (nSPS) is 11.0. The molecule has 0 fully saturated rings. The average molecular weight is 237 g/mol. The summed E-state index contributed by atoms with van der Waals surface area (Å²) >= 11 is 17.2. The minimum Gasteiger partial charge on any atom is -0.245 e. The Hall–Kier alpha value is -0.640. The van der Waals surface area contributed by atoms with Crippen LogP contribution >= 0.6 is 35.2 Å². The van der Waals surface area contributed by atoms with Crippen molar-refractivity contribution in [2.24, 2.45) is 0 Å². The molecule has 0 atom stereocenters. The molecule has 2 rings (SSSR count). The molecular formula is C7H3Cl3N2O. The van der Waals surface area contributed by atoms with E-state index >= 15 is 0 Å². The topological polar surface area (TPSA) is 26.9 Å². The van der Waals surface area contributed by atoms with Gasteiger partial charge in [0, 0.05) is 23.6 Å². The maximum Gasteiger partial charge on any atom is 0.358 e. The van der Waals surface area contributed by atoms with Crippen LogP contribution in [0.1, 0.15) is 0 Å². The molecule has 0 aliphatic carbocycles. The van der Waals surface area contributed by atoms with E-state index in [0.717, 1.165) is 8.17 Å². The van der Waals surface area contributed by atoms with Gasteiger partial charge in [-0.2, -0.15) is 8.17 Å². The Bertz CT molecular complexity index is 528. The highest BCUT2D eigenvalue weighted by atomic mass is 35.5. The molecule has 0 amide bonds. The zero-order valence-electron chi connectivity index (χ0n) is 6.17. The fourth-order valence-corrected chi connectivity index (χ4v) is 1.93. The molecule has 0 bridgehead atoms. The number of hydrogen-bond donors (Lipinski definition) is 0. The molecule has 6 heteroatoms. The lowest BCUT2D eigenvalue weighted by Gasteiger charge is -1.93. The lowest BCUT2D eigenvalue weighted by atomic mass is 10.3. The average Bonchev–Trinajstić information content (AvgIpc) is 2.33. The maximum absolute atomic E-state index is 11.2. The van der Waals surface area contributed by atoms with Gasteiger partial charge in [-0.15, -0.1) is 0 Å². The Morgan fingerprint density at radius 3 is 2.46 bits per heavy atom. The molecular weight excluding hydrogens is 234 g/mol. The van der Waals surface area contributed by atoms with Crippen LogP contribution in [-0.4, -0.2) is 8.17 Å². The molecule has 0 saturated heterocycles. The van der Waals surface area contributed by atoms with Crippen molar-refractivity contribution in [2.45, 2.75) is 0 Å². The van der Waals surface area contributed by atoms with Crippen molar-refractivity contribution in [3.05, 3.63) is 33.7 Å². The number of halogens is 3. The van der Waals surface area contributed by atoms with Crippen LogP contribution in [0.5, 0.6) is 0 Å². The van der Waals surface area contributed by atoms with E-state index in [1.54, 1.807) is 18.2 Å². The number of imidazole rings is 1.